The molecule has 0 saturated heterocycles. The van der Waals surface area contributed by atoms with Crippen molar-refractivity contribution in [1.29, 1.82) is 0 Å². The molecular weight excluding hydrogens is 236 g/mol. The standard InChI is InChI=1S/C15H16N4/c16-9-5-11-19-14(12-6-2-1-3-7-12)18-13-8-4-10-17-15(13)19/h1-4,6-8,10H,5,9,11,16H2. The quantitative estimate of drug-likeness (QED) is 0.776. The second kappa shape index (κ2) is 5.20. The molecule has 0 spiro atoms. The molecule has 0 atom stereocenters. The highest BCUT2D eigenvalue weighted by atomic mass is 15.1. The first-order chi connectivity index (χ1) is 9.40. The van der Waals surface area contributed by atoms with Gasteiger partial charge in [0.15, 0.2) is 5.65 Å². The monoisotopic (exact) mass is 252 g/mol. The average Bonchev–Trinajstić information content (AvgIpc) is 2.85. The Morgan fingerprint density at radius 3 is 2.68 bits per heavy atom. The van der Waals surface area contributed by atoms with Crippen molar-refractivity contribution in [2.75, 3.05) is 6.54 Å². The number of benzene rings is 1. The van der Waals surface area contributed by atoms with Crippen LogP contribution in [0.4, 0.5) is 0 Å². The molecule has 0 unspecified atom stereocenters. The Labute approximate surface area is 111 Å². The van der Waals surface area contributed by atoms with Crippen LogP contribution in [0.2, 0.25) is 0 Å². The van der Waals surface area contributed by atoms with Gasteiger partial charge in [0, 0.05) is 18.3 Å². The summed E-state index contributed by atoms with van der Waals surface area (Å²) in [6, 6.07) is 14.1. The molecule has 0 fully saturated rings. The largest absolute Gasteiger partial charge is 0.330 e. The van der Waals surface area contributed by atoms with Gasteiger partial charge in [0.05, 0.1) is 0 Å². The van der Waals surface area contributed by atoms with Gasteiger partial charge in [0.2, 0.25) is 0 Å². The number of imidazole rings is 1. The van der Waals surface area contributed by atoms with Crippen LogP contribution in [-0.4, -0.2) is 21.1 Å². The van der Waals surface area contributed by atoms with Crippen LogP contribution in [0.15, 0.2) is 48.7 Å². The maximum atomic E-state index is 5.62. The van der Waals surface area contributed by atoms with E-state index in [1.807, 2.05) is 30.3 Å². The number of pyridine rings is 1. The van der Waals surface area contributed by atoms with Crippen LogP contribution in [0, 0.1) is 0 Å². The maximum absolute atomic E-state index is 5.62. The molecule has 3 rings (SSSR count). The minimum atomic E-state index is 0.667. The van der Waals surface area contributed by atoms with Gasteiger partial charge in [0.25, 0.3) is 0 Å². The molecule has 4 nitrogen and oxygen atoms in total. The third kappa shape index (κ3) is 2.22. The number of nitrogens with two attached hydrogens (primary N) is 1. The van der Waals surface area contributed by atoms with Crippen molar-refractivity contribution in [2.45, 2.75) is 13.0 Å². The van der Waals surface area contributed by atoms with Crippen LogP contribution in [0.1, 0.15) is 6.42 Å². The Morgan fingerprint density at radius 2 is 1.89 bits per heavy atom. The molecule has 2 heterocycles. The average molecular weight is 252 g/mol. The van der Waals surface area contributed by atoms with Crippen LogP contribution in [0.3, 0.4) is 0 Å². The van der Waals surface area contributed by atoms with Gasteiger partial charge < -0.3 is 10.3 Å². The van der Waals surface area contributed by atoms with E-state index in [2.05, 4.69) is 21.7 Å². The van der Waals surface area contributed by atoms with Gasteiger partial charge in [-0.3, -0.25) is 0 Å². The molecule has 0 bridgehead atoms. The summed E-state index contributed by atoms with van der Waals surface area (Å²) >= 11 is 0. The van der Waals surface area contributed by atoms with E-state index >= 15 is 0 Å². The predicted molar refractivity (Wildman–Crippen MR) is 76.6 cm³/mol. The molecular formula is C15H16N4. The third-order valence-electron chi connectivity index (χ3n) is 3.12. The zero-order chi connectivity index (χ0) is 13.1. The Morgan fingerprint density at radius 1 is 1.05 bits per heavy atom. The molecule has 2 aromatic heterocycles. The molecule has 1 aromatic carbocycles. The summed E-state index contributed by atoms with van der Waals surface area (Å²) in [4.78, 5) is 9.14. The van der Waals surface area contributed by atoms with E-state index in [1.54, 1.807) is 6.20 Å². The molecule has 2 N–H and O–H groups in total. The van der Waals surface area contributed by atoms with Gasteiger partial charge in [0.1, 0.15) is 11.3 Å². The van der Waals surface area contributed by atoms with Crippen molar-refractivity contribution < 1.29 is 0 Å². The van der Waals surface area contributed by atoms with Crippen LogP contribution in [0.25, 0.3) is 22.6 Å². The second-order valence-corrected chi connectivity index (χ2v) is 4.44. The normalized spacial score (nSPS) is 11.0. The van der Waals surface area contributed by atoms with Gasteiger partial charge >= 0.3 is 0 Å². The van der Waals surface area contributed by atoms with Crippen LogP contribution in [-0.2, 0) is 6.54 Å². The summed E-state index contributed by atoms with van der Waals surface area (Å²) in [7, 11) is 0. The first kappa shape index (κ1) is 11.9. The Balaban J connectivity index is 2.17. The molecule has 0 saturated carbocycles. The number of aryl methyl sites for hydroxylation is 1. The van der Waals surface area contributed by atoms with E-state index in [9.17, 15) is 0 Å². The fourth-order valence-electron chi connectivity index (χ4n) is 2.23. The molecule has 96 valence electrons. The first-order valence-electron chi connectivity index (χ1n) is 6.47. The Hall–Kier alpha value is -2.20. The van der Waals surface area contributed by atoms with Crippen molar-refractivity contribution in [2.24, 2.45) is 5.73 Å². The molecule has 3 aromatic rings. The van der Waals surface area contributed by atoms with Crippen LogP contribution >= 0.6 is 0 Å². The fraction of sp³-hybridized carbons (Fsp3) is 0.200. The highest BCUT2D eigenvalue weighted by Gasteiger charge is 2.12. The summed E-state index contributed by atoms with van der Waals surface area (Å²) in [5, 5.41) is 0. The number of hydrogen-bond donors (Lipinski definition) is 1. The van der Waals surface area contributed by atoms with E-state index in [-0.39, 0.29) is 0 Å². The number of fused-ring (bicyclic) bond motifs is 1. The number of nitrogens with zero attached hydrogens (tertiary/aromatic N) is 3. The van der Waals surface area contributed by atoms with Crippen LogP contribution < -0.4 is 5.73 Å². The topological polar surface area (TPSA) is 56.7 Å². The lowest BCUT2D eigenvalue weighted by Crippen LogP contribution is -2.07. The molecule has 4 heteroatoms. The van der Waals surface area contributed by atoms with Crippen molar-refractivity contribution in [3.05, 3.63) is 48.7 Å². The summed E-state index contributed by atoms with van der Waals surface area (Å²) in [5.41, 5.74) is 8.59. The summed E-state index contributed by atoms with van der Waals surface area (Å²) in [6.45, 7) is 1.51. The number of hydrogen-bond acceptors (Lipinski definition) is 3. The lowest BCUT2D eigenvalue weighted by molar-refractivity contribution is 0.667. The van der Waals surface area contributed by atoms with Crippen LogP contribution in [0.5, 0.6) is 0 Å². The fourth-order valence-corrected chi connectivity index (χ4v) is 2.23. The molecule has 0 radical (unpaired) electrons. The SMILES string of the molecule is NCCCn1c(-c2ccccc2)nc2cccnc21. The second-order valence-electron chi connectivity index (χ2n) is 4.44. The van der Waals surface area contributed by atoms with E-state index in [0.29, 0.717) is 6.54 Å². The molecule has 19 heavy (non-hydrogen) atoms. The summed E-state index contributed by atoms with van der Waals surface area (Å²) < 4.78 is 2.15. The predicted octanol–water partition coefficient (Wildman–Crippen LogP) is 2.45. The number of aromatic nitrogens is 3. The van der Waals surface area contributed by atoms with Crippen molar-refractivity contribution >= 4 is 11.2 Å². The van der Waals surface area contributed by atoms with Crippen molar-refractivity contribution in [1.82, 2.24) is 14.5 Å². The third-order valence-corrected chi connectivity index (χ3v) is 3.12. The highest BCUT2D eigenvalue weighted by molar-refractivity contribution is 5.76. The van der Waals surface area contributed by atoms with E-state index in [0.717, 1.165) is 35.5 Å². The zero-order valence-electron chi connectivity index (χ0n) is 10.7. The van der Waals surface area contributed by atoms with Gasteiger partial charge in [-0.15, -0.1) is 0 Å². The number of rotatable bonds is 4. The highest BCUT2D eigenvalue weighted by Crippen LogP contribution is 2.23. The lowest BCUT2D eigenvalue weighted by atomic mass is 10.2. The molecule has 0 aliphatic rings. The van der Waals surface area contributed by atoms with Gasteiger partial charge in [-0.05, 0) is 25.1 Å². The van der Waals surface area contributed by atoms with Gasteiger partial charge in [-0.2, -0.15) is 0 Å². The molecule has 0 aliphatic carbocycles. The van der Waals surface area contributed by atoms with Gasteiger partial charge in [-0.25, -0.2) is 9.97 Å². The molecule has 0 amide bonds. The van der Waals surface area contributed by atoms with E-state index in [1.165, 1.54) is 0 Å². The van der Waals surface area contributed by atoms with E-state index < -0.39 is 0 Å². The lowest BCUT2D eigenvalue weighted by Gasteiger charge is -2.07. The molecule has 0 aliphatic heterocycles. The smallest absolute Gasteiger partial charge is 0.160 e. The maximum Gasteiger partial charge on any atom is 0.160 e. The Bertz CT molecular complexity index is 673. The van der Waals surface area contributed by atoms with Crippen molar-refractivity contribution in [3.8, 4) is 11.4 Å². The van der Waals surface area contributed by atoms with Gasteiger partial charge in [-0.1, -0.05) is 30.3 Å². The van der Waals surface area contributed by atoms with E-state index in [4.69, 9.17) is 10.7 Å². The summed E-state index contributed by atoms with van der Waals surface area (Å²) in [5.74, 6) is 0.961. The first-order valence-corrected chi connectivity index (χ1v) is 6.47. The van der Waals surface area contributed by atoms with Crippen molar-refractivity contribution in [3.63, 3.8) is 0 Å². The summed E-state index contributed by atoms with van der Waals surface area (Å²) in [6.07, 6.45) is 2.72. The minimum Gasteiger partial charge on any atom is -0.330 e. The Kier molecular flexibility index (Phi) is 3.25. The zero-order valence-corrected chi connectivity index (χ0v) is 10.7. The minimum absolute atomic E-state index is 0.667.